The van der Waals surface area contributed by atoms with Crippen LogP contribution in [0.1, 0.15) is 5.56 Å². The van der Waals surface area contributed by atoms with Crippen molar-refractivity contribution in [3.05, 3.63) is 60.7 Å². The molecule has 84 valence electrons. The molecule has 3 heteroatoms. The molecule has 0 N–H and O–H groups in total. The van der Waals surface area contributed by atoms with E-state index in [-0.39, 0.29) is 0 Å². The maximum absolute atomic E-state index is 5.64. The summed E-state index contributed by atoms with van der Waals surface area (Å²) in [5.41, 5.74) is 1.99. The molecule has 0 aliphatic rings. The van der Waals surface area contributed by atoms with Gasteiger partial charge in [-0.1, -0.05) is 18.2 Å². The second kappa shape index (κ2) is 4.29. The molecule has 0 radical (unpaired) electrons. The minimum atomic E-state index is 0.497. The van der Waals surface area contributed by atoms with Crippen molar-refractivity contribution in [3.8, 4) is 5.75 Å². The van der Waals surface area contributed by atoms with Gasteiger partial charge in [0.25, 0.3) is 0 Å². The highest BCUT2D eigenvalue weighted by molar-refractivity contribution is 5.79. The molecule has 17 heavy (non-hydrogen) atoms. The largest absolute Gasteiger partial charge is 0.487 e. The lowest BCUT2D eigenvalue weighted by Gasteiger charge is -2.05. The minimum Gasteiger partial charge on any atom is -0.487 e. The maximum Gasteiger partial charge on any atom is 0.138 e. The normalized spacial score (nSPS) is 10.6. The molecule has 3 aromatic rings. The van der Waals surface area contributed by atoms with E-state index in [4.69, 9.17) is 9.15 Å². The van der Waals surface area contributed by atoms with Crippen LogP contribution in [0, 0.1) is 0 Å². The van der Waals surface area contributed by atoms with Crippen LogP contribution in [0.4, 0.5) is 0 Å². The van der Waals surface area contributed by atoms with Crippen molar-refractivity contribution in [2.24, 2.45) is 0 Å². The lowest BCUT2D eigenvalue weighted by molar-refractivity contribution is 0.304. The summed E-state index contributed by atoms with van der Waals surface area (Å²) >= 11 is 0. The highest BCUT2D eigenvalue weighted by atomic mass is 16.5. The van der Waals surface area contributed by atoms with Crippen LogP contribution in [0.15, 0.2) is 59.5 Å². The molecule has 0 saturated carbocycles. The van der Waals surface area contributed by atoms with E-state index in [9.17, 15) is 0 Å². The maximum atomic E-state index is 5.64. The molecular weight excluding hydrogens is 214 g/mol. The fourth-order valence-corrected chi connectivity index (χ4v) is 1.67. The number of nitrogens with zero attached hydrogens (tertiary/aromatic N) is 1. The fraction of sp³-hybridized carbons (Fsp3) is 0.0714. The Kier molecular flexibility index (Phi) is 2.50. The zero-order chi connectivity index (χ0) is 11.5. The molecule has 2 heterocycles. The fourth-order valence-electron chi connectivity index (χ4n) is 1.67. The van der Waals surface area contributed by atoms with Gasteiger partial charge in [0, 0.05) is 10.9 Å². The monoisotopic (exact) mass is 225 g/mol. The lowest BCUT2D eigenvalue weighted by Crippen LogP contribution is -1.94. The van der Waals surface area contributed by atoms with Gasteiger partial charge in [-0.15, -0.1) is 0 Å². The summed E-state index contributed by atoms with van der Waals surface area (Å²) in [5, 5.41) is 1.08. The van der Waals surface area contributed by atoms with Crippen LogP contribution in [0.2, 0.25) is 0 Å². The van der Waals surface area contributed by atoms with Crippen molar-refractivity contribution < 1.29 is 9.15 Å². The molecule has 0 aliphatic carbocycles. The van der Waals surface area contributed by atoms with E-state index in [0.29, 0.717) is 6.61 Å². The van der Waals surface area contributed by atoms with E-state index >= 15 is 0 Å². The minimum absolute atomic E-state index is 0.497. The van der Waals surface area contributed by atoms with Gasteiger partial charge in [-0.05, 0) is 18.2 Å². The van der Waals surface area contributed by atoms with E-state index < -0.39 is 0 Å². The number of aromatic nitrogens is 1. The number of pyridine rings is 1. The average molecular weight is 225 g/mol. The number of hydrogen-bond acceptors (Lipinski definition) is 3. The van der Waals surface area contributed by atoms with Crippen LogP contribution >= 0.6 is 0 Å². The molecule has 2 aromatic heterocycles. The van der Waals surface area contributed by atoms with Gasteiger partial charge in [0.05, 0.1) is 24.2 Å². The first-order valence-electron chi connectivity index (χ1n) is 5.40. The van der Waals surface area contributed by atoms with Gasteiger partial charge in [-0.25, -0.2) is 0 Å². The summed E-state index contributed by atoms with van der Waals surface area (Å²) in [6, 6.07) is 11.8. The van der Waals surface area contributed by atoms with E-state index in [1.807, 2.05) is 36.4 Å². The van der Waals surface area contributed by atoms with Gasteiger partial charge in [-0.2, -0.15) is 0 Å². The number of hydrogen-bond donors (Lipinski definition) is 0. The van der Waals surface area contributed by atoms with Crippen molar-refractivity contribution in [3.63, 3.8) is 0 Å². The zero-order valence-corrected chi connectivity index (χ0v) is 9.17. The molecule has 3 rings (SSSR count). The van der Waals surface area contributed by atoms with E-state index in [2.05, 4.69) is 4.98 Å². The lowest BCUT2D eigenvalue weighted by atomic mass is 10.2. The van der Waals surface area contributed by atoms with Crippen LogP contribution in [-0.4, -0.2) is 4.98 Å². The Hall–Kier alpha value is -2.29. The van der Waals surface area contributed by atoms with Crippen LogP contribution in [0.3, 0.4) is 0 Å². The molecule has 0 aliphatic heterocycles. The summed E-state index contributed by atoms with van der Waals surface area (Å²) in [6.45, 7) is 0.497. The van der Waals surface area contributed by atoms with Gasteiger partial charge in [-0.3, -0.25) is 4.98 Å². The topological polar surface area (TPSA) is 35.3 Å². The molecule has 0 atom stereocenters. The molecule has 1 aromatic carbocycles. The van der Waals surface area contributed by atoms with Crippen LogP contribution in [0.25, 0.3) is 10.9 Å². The van der Waals surface area contributed by atoms with Crippen molar-refractivity contribution >= 4 is 10.9 Å². The summed E-state index contributed by atoms with van der Waals surface area (Å²) in [4.78, 5) is 4.33. The van der Waals surface area contributed by atoms with E-state index in [0.717, 1.165) is 22.2 Å². The smallest absolute Gasteiger partial charge is 0.138 e. The molecule has 0 spiro atoms. The Bertz CT molecular complexity index is 617. The Morgan fingerprint density at radius 2 is 2.12 bits per heavy atom. The molecule has 0 bridgehead atoms. The van der Waals surface area contributed by atoms with Crippen LogP contribution in [0.5, 0.6) is 5.75 Å². The van der Waals surface area contributed by atoms with Crippen molar-refractivity contribution in [2.75, 3.05) is 0 Å². The molecule has 3 nitrogen and oxygen atoms in total. The number of para-hydroxylation sites is 1. The molecule has 0 unspecified atom stereocenters. The van der Waals surface area contributed by atoms with E-state index in [1.54, 1.807) is 18.7 Å². The molecule has 0 saturated heterocycles. The summed E-state index contributed by atoms with van der Waals surface area (Å²) in [6.07, 6.45) is 5.05. The Morgan fingerprint density at radius 3 is 3.00 bits per heavy atom. The Labute approximate surface area is 98.7 Å². The Balaban J connectivity index is 1.81. The standard InChI is InChI=1S/C14H11NO2/c1-2-4-14-12(3-1)7-13(8-15-14)17-10-11-5-6-16-9-11/h1-9H,10H2. The average Bonchev–Trinajstić information content (AvgIpc) is 2.89. The summed E-state index contributed by atoms with van der Waals surface area (Å²) in [7, 11) is 0. The van der Waals surface area contributed by atoms with Gasteiger partial charge in [0.2, 0.25) is 0 Å². The van der Waals surface area contributed by atoms with Crippen molar-refractivity contribution in [1.29, 1.82) is 0 Å². The first kappa shape index (κ1) is 9.90. The van der Waals surface area contributed by atoms with Crippen molar-refractivity contribution in [2.45, 2.75) is 6.61 Å². The number of furan rings is 1. The second-order valence-electron chi connectivity index (χ2n) is 3.78. The van der Waals surface area contributed by atoms with Gasteiger partial charge >= 0.3 is 0 Å². The predicted molar refractivity (Wildman–Crippen MR) is 64.8 cm³/mol. The van der Waals surface area contributed by atoms with Gasteiger partial charge in [0.1, 0.15) is 12.4 Å². The van der Waals surface area contributed by atoms with Crippen molar-refractivity contribution in [1.82, 2.24) is 4.98 Å². The summed E-state index contributed by atoms with van der Waals surface area (Å²) < 4.78 is 10.6. The number of benzene rings is 1. The zero-order valence-electron chi connectivity index (χ0n) is 9.17. The quantitative estimate of drug-likeness (QED) is 0.685. The number of ether oxygens (including phenoxy) is 1. The Morgan fingerprint density at radius 1 is 1.18 bits per heavy atom. The first-order chi connectivity index (χ1) is 8.42. The molecular formula is C14H11NO2. The van der Waals surface area contributed by atoms with Gasteiger partial charge in [0.15, 0.2) is 0 Å². The van der Waals surface area contributed by atoms with Crippen LogP contribution in [-0.2, 0) is 6.61 Å². The number of fused-ring (bicyclic) bond motifs is 1. The van der Waals surface area contributed by atoms with E-state index in [1.165, 1.54) is 0 Å². The highest BCUT2D eigenvalue weighted by Crippen LogP contribution is 2.18. The highest BCUT2D eigenvalue weighted by Gasteiger charge is 1.99. The second-order valence-corrected chi connectivity index (χ2v) is 3.78. The van der Waals surface area contributed by atoms with Crippen LogP contribution < -0.4 is 4.74 Å². The third-order valence-electron chi connectivity index (χ3n) is 2.55. The third-order valence-corrected chi connectivity index (χ3v) is 2.55. The number of rotatable bonds is 3. The summed E-state index contributed by atoms with van der Waals surface area (Å²) in [5.74, 6) is 0.768. The first-order valence-corrected chi connectivity index (χ1v) is 5.40. The molecule has 0 fully saturated rings. The third kappa shape index (κ3) is 2.13. The predicted octanol–water partition coefficient (Wildman–Crippen LogP) is 3.41. The molecule has 0 amide bonds. The SMILES string of the molecule is c1ccc2ncc(OCc3ccoc3)cc2c1. The van der Waals surface area contributed by atoms with Gasteiger partial charge < -0.3 is 9.15 Å².